The summed E-state index contributed by atoms with van der Waals surface area (Å²) in [5, 5.41) is 9.09. The van der Waals surface area contributed by atoms with E-state index in [9.17, 15) is 9.59 Å². The van der Waals surface area contributed by atoms with Crippen molar-refractivity contribution in [3.05, 3.63) is 11.1 Å². The van der Waals surface area contributed by atoms with Crippen LogP contribution in [0.3, 0.4) is 0 Å². The first-order valence-electron chi connectivity index (χ1n) is 9.63. The van der Waals surface area contributed by atoms with E-state index in [0.29, 0.717) is 24.0 Å². The predicted molar refractivity (Wildman–Crippen MR) is 115 cm³/mol. The Kier molecular flexibility index (Phi) is 8.36. The predicted octanol–water partition coefficient (Wildman–Crippen LogP) is 1.61. The van der Waals surface area contributed by atoms with Crippen LogP contribution in [0.4, 0.5) is 5.13 Å². The number of piperidine rings is 3. The van der Waals surface area contributed by atoms with Crippen LogP contribution in [0.2, 0.25) is 0 Å². The lowest BCUT2D eigenvalue weighted by molar-refractivity contribution is -0.157. The van der Waals surface area contributed by atoms with Crippen LogP contribution >= 0.6 is 36.2 Å². The molecule has 1 aromatic rings. The SMILES string of the molecule is Cl.Cl.Nc1nc(CCCNC(=O)[C@H]2[C@@H]3CNC[C@@H](C3)[C@@H]3CCCC(=O)N32)cs1. The van der Waals surface area contributed by atoms with Crippen molar-refractivity contribution in [2.24, 2.45) is 11.8 Å². The Bertz CT molecular complexity index is 689. The van der Waals surface area contributed by atoms with Gasteiger partial charge < -0.3 is 21.3 Å². The molecule has 4 rings (SSSR count). The fraction of sp³-hybridized carbons (Fsp3) is 0.722. The lowest BCUT2D eigenvalue weighted by atomic mass is 9.72. The van der Waals surface area contributed by atoms with Gasteiger partial charge in [0.25, 0.3) is 0 Å². The molecule has 3 aliphatic rings. The minimum Gasteiger partial charge on any atom is -0.375 e. The molecule has 4 atom stereocenters. The fourth-order valence-corrected chi connectivity index (χ4v) is 5.47. The van der Waals surface area contributed by atoms with Crippen molar-refractivity contribution in [3.63, 3.8) is 0 Å². The first kappa shape index (κ1) is 23.2. The van der Waals surface area contributed by atoms with Gasteiger partial charge in [-0.05, 0) is 44.6 Å². The van der Waals surface area contributed by atoms with Crippen LogP contribution in [0, 0.1) is 11.8 Å². The standard InChI is InChI=1S/C18H27N5O2S.2ClH/c19-18-22-13(10-26-18)3-2-6-21-17(25)16-12-7-11(8-20-9-12)14-4-1-5-15(24)23(14)16;;/h10-12,14,16,20H,1-9H2,(H2,19,22)(H,21,25);2*1H/t11-,12+,14+,16-;;/m1../s1. The summed E-state index contributed by atoms with van der Waals surface area (Å²) in [6, 6.07) is -0.0826. The molecule has 158 valence electrons. The smallest absolute Gasteiger partial charge is 0.243 e. The van der Waals surface area contributed by atoms with E-state index in [4.69, 9.17) is 5.73 Å². The number of nitrogens with one attached hydrogen (secondary N) is 2. The monoisotopic (exact) mass is 449 g/mol. The van der Waals surface area contributed by atoms with Gasteiger partial charge in [0.2, 0.25) is 11.8 Å². The molecule has 7 nitrogen and oxygen atoms in total. The van der Waals surface area contributed by atoms with Gasteiger partial charge in [0.1, 0.15) is 6.04 Å². The summed E-state index contributed by atoms with van der Waals surface area (Å²) in [4.78, 5) is 31.7. The average molecular weight is 450 g/mol. The maximum absolute atomic E-state index is 12.9. The molecule has 0 spiro atoms. The van der Waals surface area contributed by atoms with Gasteiger partial charge in [0, 0.05) is 36.9 Å². The van der Waals surface area contributed by atoms with Crippen LogP contribution in [0.5, 0.6) is 0 Å². The number of halogens is 2. The number of thiazole rings is 1. The molecule has 10 heteroatoms. The van der Waals surface area contributed by atoms with Gasteiger partial charge in [-0.2, -0.15) is 0 Å². The lowest BCUT2D eigenvalue weighted by Crippen LogP contribution is -2.68. The first-order chi connectivity index (χ1) is 12.6. The maximum atomic E-state index is 12.9. The highest BCUT2D eigenvalue weighted by molar-refractivity contribution is 7.13. The Balaban J connectivity index is 0.00000140. The quantitative estimate of drug-likeness (QED) is 0.592. The Morgan fingerprint density at radius 1 is 1.36 bits per heavy atom. The third kappa shape index (κ3) is 4.72. The van der Waals surface area contributed by atoms with E-state index in [2.05, 4.69) is 15.6 Å². The number of hydrogen-bond acceptors (Lipinski definition) is 6. The van der Waals surface area contributed by atoms with Gasteiger partial charge in [0.05, 0.1) is 5.69 Å². The van der Waals surface area contributed by atoms with E-state index in [0.717, 1.165) is 50.9 Å². The van der Waals surface area contributed by atoms with Crippen LogP contribution in [0.25, 0.3) is 0 Å². The number of amides is 2. The number of carbonyl (C=O) groups is 2. The number of nitrogens with two attached hydrogens (primary N) is 1. The van der Waals surface area contributed by atoms with Crippen molar-refractivity contribution in [1.29, 1.82) is 0 Å². The molecular formula is C18H29Cl2N5O2S. The molecule has 0 aliphatic carbocycles. The number of anilines is 1. The molecule has 0 radical (unpaired) electrons. The molecule has 3 fully saturated rings. The number of nitrogen functional groups attached to an aromatic ring is 1. The molecule has 3 aliphatic heterocycles. The highest BCUT2D eigenvalue weighted by Gasteiger charge is 2.50. The van der Waals surface area contributed by atoms with E-state index in [1.165, 1.54) is 11.3 Å². The second-order valence-corrected chi connectivity index (χ2v) is 8.58. The number of fused-ring (bicyclic) bond motifs is 4. The van der Waals surface area contributed by atoms with E-state index in [1.807, 2.05) is 10.3 Å². The van der Waals surface area contributed by atoms with Crippen LogP contribution in [0.15, 0.2) is 5.38 Å². The first-order valence-corrected chi connectivity index (χ1v) is 10.5. The number of aryl methyl sites for hydroxylation is 1. The molecule has 2 amide bonds. The summed E-state index contributed by atoms with van der Waals surface area (Å²) in [7, 11) is 0. The molecular weight excluding hydrogens is 421 g/mol. The molecule has 4 N–H and O–H groups in total. The number of carbonyl (C=O) groups excluding carboxylic acids is 2. The van der Waals surface area contributed by atoms with E-state index < -0.39 is 0 Å². The molecule has 0 unspecified atom stereocenters. The molecule has 1 aromatic heterocycles. The second kappa shape index (κ2) is 10.1. The van der Waals surface area contributed by atoms with Crippen molar-refractivity contribution in [2.75, 3.05) is 25.4 Å². The summed E-state index contributed by atoms with van der Waals surface area (Å²) in [6.07, 6.45) is 5.24. The van der Waals surface area contributed by atoms with Gasteiger partial charge in [0.15, 0.2) is 5.13 Å². The highest BCUT2D eigenvalue weighted by Crippen LogP contribution is 2.39. The lowest BCUT2D eigenvalue weighted by Gasteiger charge is -2.53. The molecule has 28 heavy (non-hydrogen) atoms. The minimum absolute atomic E-state index is 0. The van der Waals surface area contributed by atoms with E-state index >= 15 is 0 Å². The number of nitrogens with zero attached hydrogens (tertiary/aromatic N) is 2. The van der Waals surface area contributed by atoms with Crippen molar-refractivity contribution in [3.8, 4) is 0 Å². The van der Waals surface area contributed by atoms with Crippen molar-refractivity contribution in [1.82, 2.24) is 20.5 Å². The summed E-state index contributed by atoms with van der Waals surface area (Å²) in [6.45, 7) is 2.39. The van der Waals surface area contributed by atoms with Crippen molar-refractivity contribution in [2.45, 2.75) is 50.6 Å². The third-order valence-electron chi connectivity index (χ3n) is 5.99. The Morgan fingerprint density at radius 3 is 2.89 bits per heavy atom. The summed E-state index contributed by atoms with van der Waals surface area (Å²) < 4.78 is 0. The van der Waals surface area contributed by atoms with Crippen LogP contribution in [-0.4, -0.2) is 53.4 Å². The second-order valence-electron chi connectivity index (χ2n) is 7.69. The topological polar surface area (TPSA) is 100 Å². The Labute approximate surface area is 182 Å². The van der Waals surface area contributed by atoms with E-state index in [1.54, 1.807) is 0 Å². The summed E-state index contributed by atoms with van der Waals surface area (Å²) >= 11 is 1.44. The summed E-state index contributed by atoms with van der Waals surface area (Å²) in [5.41, 5.74) is 6.62. The van der Waals surface area contributed by atoms with Crippen molar-refractivity contribution >= 4 is 53.1 Å². The normalized spacial score (nSPS) is 28.6. The molecule has 3 saturated heterocycles. The molecule has 0 saturated carbocycles. The fourth-order valence-electron chi connectivity index (χ4n) is 4.87. The minimum atomic E-state index is -0.313. The van der Waals surface area contributed by atoms with Gasteiger partial charge in [-0.15, -0.1) is 36.2 Å². The molecule has 4 heterocycles. The number of rotatable bonds is 5. The highest BCUT2D eigenvalue weighted by atomic mass is 35.5. The number of aromatic nitrogens is 1. The zero-order valence-electron chi connectivity index (χ0n) is 15.8. The molecule has 2 bridgehead atoms. The van der Waals surface area contributed by atoms with E-state index in [-0.39, 0.29) is 54.6 Å². The van der Waals surface area contributed by atoms with Crippen LogP contribution < -0.4 is 16.4 Å². The molecule has 0 aromatic carbocycles. The maximum Gasteiger partial charge on any atom is 0.243 e. The van der Waals surface area contributed by atoms with Gasteiger partial charge in [-0.25, -0.2) is 4.98 Å². The third-order valence-corrected chi connectivity index (χ3v) is 6.71. The largest absolute Gasteiger partial charge is 0.375 e. The van der Waals surface area contributed by atoms with Gasteiger partial charge >= 0.3 is 0 Å². The average Bonchev–Trinajstić information content (AvgIpc) is 3.05. The summed E-state index contributed by atoms with van der Waals surface area (Å²) in [5.74, 6) is 0.897. The Morgan fingerprint density at radius 2 is 2.14 bits per heavy atom. The Hall–Kier alpha value is -1.09. The zero-order chi connectivity index (χ0) is 18.1. The van der Waals surface area contributed by atoms with Crippen LogP contribution in [0.1, 0.15) is 37.8 Å². The zero-order valence-corrected chi connectivity index (χ0v) is 18.2. The number of hydrogen-bond donors (Lipinski definition) is 3. The van der Waals surface area contributed by atoms with Crippen molar-refractivity contribution < 1.29 is 9.59 Å². The van der Waals surface area contributed by atoms with Gasteiger partial charge in [-0.1, -0.05) is 0 Å². The van der Waals surface area contributed by atoms with Gasteiger partial charge in [-0.3, -0.25) is 9.59 Å². The van der Waals surface area contributed by atoms with Crippen LogP contribution in [-0.2, 0) is 16.0 Å².